The smallest absolute Gasteiger partial charge is 0.416 e. The van der Waals surface area contributed by atoms with Gasteiger partial charge in [-0.3, -0.25) is 14.5 Å². The molecular formula is C25H24F3NO3. The van der Waals surface area contributed by atoms with E-state index in [0.717, 1.165) is 17.7 Å². The molecule has 4 nitrogen and oxygen atoms in total. The lowest BCUT2D eigenvalue weighted by molar-refractivity contribution is -0.137. The Morgan fingerprint density at radius 2 is 1.72 bits per heavy atom. The molecule has 1 aliphatic carbocycles. The zero-order chi connectivity index (χ0) is 23.3. The first-order valence-corrected chi connectivity index (χ1v) is 10.4. The van der Waals surface area contributed by atoms with Crippen molar-refractivity contribution in [3.63, 3.8) is 0 Å². The van der Waals surface area contributed by atoms with Crippen LogP contribution in [0, 0.1) is 5.41 Å². The molecular weight excluding hydrogens is 419 g/mol. The van der Waals surface area contributed by atoms with E-state index in [-0.39, 0.29) is 23.5 Å². The maximum Gasteiger partial charge on any atom is 0.416 e. The van der Waals surface area contributed by atoms with Gasteiger partial charge in [0.15, 0.2) is 5.78 Å². The van der Waals surface area contributed by atoms with E-state index in [1.807, 2.05) is 32.0 Å². The maximum absolute atomic E-state index is 13.3. The molecule has 0 radical (unpaired) electrons. The molecule has 1 heterocycles. The third-order valence-corrected chi connectivity index (χ3v) is 6.09. The molecule has 0 aromatic heterocycles. The number of hydrogen-bond acceptors (Lipinski definition) is 3. The number of carbonyl (C=O) groups excluding carboxylic acids is 2. The molecule has 1 atom stereocenters. The van der Waals surface area contributed by atoms with E-state index in [1.165, 1.54) is 17.0 Å². The van der Waals surface area contributed by atoms with E-state index in [4.69, 9.17) is 4.74 Å². The quantitative estimate of drug-likeness (QED) is 0.595. The number of methoxy groups -OCH3 is 1. The van der Waals surface area contributed by atoms with Crippen LogP contribution < -0.4 is 9.64 Å². The Morgan fingerprint density at radius 3 is 2.34 bits per heavy atom. The van der Waals surface area contributed by atoms with Crippen LogP contribution in [0.5, 0.6) is 5.75 Å². The van der Waals surface area contributed by atoms with Crippen molar-refractivity contribution in [1.29, 1.82) is 0 Å². The SMILES string of the molecule is COc1cccc(C2CC(=O)N(c3ccc(C(F)(F)F)cc3)C3=C2C(=O)CC(C)(C)C3)c1. The van der Waals surface area contributed by atoms with E-state index in [9.17, 15) is 22.8 Å². The fourth-order valence-corrected chi connectivity index (χ4v) is 4.66. The summed E-state index contributed by atoms with van der Waals surface area (Å²) in [7, 11) is 1.55. The van der Waals surface area contributed by atoms with Gasteiger partial charge in [0.05, 0.1) is 12.7 Å². The average molecular weight is 443 g/mol. The van der Waals surface area contributed by atoms with Crippen LogP contribution in [0.2, 0.25) is 0 Å². The number of nitrogens with zero attached hydrogens (tertiary/aromatic N) is 1. The number of ketones is 1. The van der Waals surface area contributed by atoms with E-state index < -0.39 is 17.7 Å². The van der Waals surface area contributed by atoms with Gasteiger partial charge in [-0.05, 0) is 53.8 Å². The van der Waals surface area contributed by atoms with Gasteiger partial charge in [0.25, 0.3) is 0 Å². The monoisotopic (exact) mass is 443 g/mol. The summed E-state index contributed by atoms with van der Waals surface area (Å²) < 4.78 is 44.4. The highest BCUT2D eigenvalue weighted by atomic mass is 19.4. The lowest BCUT2D eigenvalue weighted by Gasteiger charge is -2.43. The van der Waals surface area contributed by atoms with Gasteiger partial charge in [-0.25, -0.2) is 0 Å². The van der Waals surface area contributed by atoms with Gasteiger partial charge in [-0.15, -0.1) is 0 Å². The largest absolute Gasteiger partial charge is 0.497 e. The summed E-state index contributed by atoms with van der Waals surface area (Å²) in [4.78, 5) is 28.0. The van der Waals surface area contributed by atoms with Crippen molar-refractivity contribution in [2.45, 2.75) is 45.2 Å². The number of ether oxygens (including phenoxy) is 1. The Morgan fingerprint density at radius 1 is 1.03 bits per heavy atom. The van der Waals surface area contributed by atoms with Crippen molar-refractivity contribution >= 4 is 17.4 Å². The Balaban J connectivity index is 1.84. The van der Waals surface area contributed by atoms with E-state index in [0.29, 0.717) is 35.5 Å². The number of rotatable bonds is 3. The van der Waals surface area contributed by atoms with Gasteiger partial charge >= 0.3 is 6.18 Å². The third-order valence-electron chi connectivity index (χ3n) is 6.09. The molecule has 7 heteroatoms. The van der Waals surface area contributed by atoms with Crippen LogP contribution in [0.1, 0.15) is 50.2 Å². The van der Waals surface area contributed by atoms with Gasteiger partial charge in [-0.1, -0.05) is 26.0 Å². The Hall–Kier alpha value is -3.09. The van der Waals surface area contributed by atoms with Crippen molar-refractivity contribution < 1.29 is 27.5 Å². The summed E-state index contributed by atoms with van der Waals surface area (Å²) in [5.41, 5.74) is 1.15. The summed E-state index contributed by atoms with van der Waals surface area (Å²) in [5.74, 6) is -0.0666. The third kappa shape index (κ3) is 4.04. The molecule has 0 N–H and O–H groups in total. The number of allylic oxidation sites excluding steroid dienone is 2. The molecule has 1 amide bonds. The highest BCUT2D eigenvalue weighted by Crippen LogP contribution is 2.48. The summed E-state index contributed by atoms with van der Waals surface area (Å²) in [5, 5.41) is 0. The second-order valence-corrected chi connectivity index (χ2v) is 9.11. The molecule has 0 bridgehead atoms. The standard InChI is InChI=1S/C25H24F3NO3/c1-24(2)13-20-23(21(30)14-24)19(15-5-4-6-18(11-15)32-3)12-22(31)29(20)17-9-7-16(8-10-17)25(26,27)28/h4-11,19H,12-14H2,1-3H3. The predicted octanol–water partition coefficient (Wildman–Crippen LogP) is 5.88. The first kappa shape index (κ1) is 22.1. The first-order valence-electron chi connectivity index (χ1n) is 10.4. The first-order chi connectivity index (χ1) is 15.0. The number of benzene rings is 2. The van der Waals surface area contributed by atoms with Gasteiger partial charge in [-0.2, -0.15) is 13.2 Å². The average Bonchev–Trinajstić information content (AvgIpc) is 2.71. The molecule has 4 rings (SSSR count). The molecule has 0 saturated heterocycles. The number of alkyl halides is 3. The van der Waals surface area contributed by atoms with Gasteiger partial charge < -0.3 is 4.74 Å². The maximum atomic E-state index is 13.3. The highest BCUT2D eigenvalue weighted by molar-refractivity contribution is 6.07. The van der Waals surface area contributed by atoms with Crippen molar-refractivity contribution in [3.8, 4) is 5.75 Å². The van der Waals surface area contributed by atoms with Crippen LogP contribution in [-0.2, 0) is 15.8 Å². The molecule has 2 aromatic rings. The lowest BCUT2D eigenvalue weighted by atomic mass is 9.69. The number of amides is 1. The molecule has 168 valence electrons. The summed E-state index contributed by atoms with van der Waals surface area (Å²) in [6.07, 6.45) is -3.59. The normalized spacial score (nSPS) is 20.9. The topological polar surface area (TPSA) is 46.6 Å². The fraction of sp³-hybridized carbons (Fsp3) is 0.360. The van der Waals surface area contributed by atoms with Crippen LogP contribution in [0.3, 0.4) is 0 Å². The summed E-state index contributed by atoms with van der Waals surface area (Å²) >= 11 is 0. The van der Waals surface area contributed by atoms with Gasteiger partial charge in [0, 0.05) is 35.7 Å². The van der Waals surface area contributed by atoms with Crippen LogP contribution in [0.25, 0.3) is 0 Å². The van der Waals surface area contributed by atoms with E-state index >= 15 is 0 Å². The predicted molar refractivity (Wildman–Crippen MR) is 114 cm³/mol. The number of hydrogen-bond donors (Lipinski definition) is 0. The molecule has 2 aliphatic rings. The number of halogens is 3. The molecule has 1 unspecified atom stereocenters. The Kier molecular flexibility index (Phi) is 5.39. The number of anilines is 1. The zero-order valence-corrected chi connectivity index (χ0v) is 18.1. The lowest BCUT2D eigenvalue weighted by Crippen LogP contribution is -2.43. The fourth-order valence-electron chi connectivity index (χ4n) is 4.66. The molecule has 0 saturated carbocycles. The Labute approximate surface area is 184 Å². The highest BCUT2D eigenvalue weighted by Gasteiger charge is 2.44. The summed E-state index contributed by atoms with van der Waals surface area (Å²) in [6, 6.07) is 11.8. The number of Topliss-reactive ketones (excluding diaryl/α,β-unsaturated/α-hetero) is 1. The van der Waals surface area contributed by atoms with Gasteiger partial charge in [0.1, 0.15) is 5.75 Å². The summed E-state index contributed by atoms with van der Waals surface area (Å²) in [6.45, 7) is 3.92. The van der Waals surface area contributed by atoms with Crippen LogP contribution in [0.4, 0.5) is 18.9 Å². The van der Waals surface area contributed by atoms with Crippen molar-refractivity contribution in [2.24, 2.45) is 5.41 Å². The van der Waals surface area contributed by atoms with E-state index in [1.54, 1.807) is 13.2 Å². The Bertz CT molecular complexity index is 1100. The minimum absolute atomic E-state index is 0.0338. The second kappa shape index (κ2) is 7.80. The van der Waals surface area contributed by atoms with Crippen molar-refractivity contribution in [2.75, 3.05) is 12.0 Å². The molecule has 0 fully saturated rings. The van der Waals surface area contributed by atoms with E-state index in [2.05, 4.69) is 0 Å². The molecule has 1 aliphatic heterocycles. The molecule has 2 aromatic carbocycles. The molecule has 32 heavy (non-hydrogen) atoms. The zero-order valence-electron chi connectivity index (χ0n) is 18.1. The second-order valence-electron chi connectivity index (χ2n) is 9.11. The van der Waals surface area contributed by atoms with Crippen LogP contribution in [0.15, 0.2) is 59.8 Å². The minimum atomic E-state index is -4.46. The van der Waals surface area contributed by atoms with Crippen LogP contribution >= 0.6 is 0 Å². The van der Waals surface area contributed by atoms with Crippen molar-refractivity contribution in [1.82, 2.24) is 0 Å². The molecule has 0 spiro atoms. The van der Waals surface area contributed by atoms with Crippen LogP contribution in [-0.4, -0.2) is 18.8 Å². The van der Waals surface area contributed by atoms with Crippen molar-refractivity contribution in [3.05, 3.63) is 70.9 Å². The van der Waals surface area contributed by atoms with Gasteiger partial charge in [0.2, 0.25) is 5.91 Å². The minimum Gasteiger partial charge on any atom is -0.497 e. The number of carbonyl (C=O) groups is 2.